The molecule has 142 valence electrons. The molecule has 0 N–H and O–H groups in total. The van der Waals surface area contributed by atoms with E-state index in [9.17, 15) is 9.59 Å². The number of rotatable bonds is 3. The molecule has 3 heterocycles. The van der Waals surface area contributed by atoms with E-state index in [1.165, 1.54) is 18.4 Å². The first kappa shape index (κ1) is 18.3. The third kappa shape index (κ3) is 3.18. The van der Waals surface area contributed by atoms with Gasteiger partial charge in [0.25, 0.3) is 5.91 Å². The number of thiazole rings is 1. The molecule has 0 atom stereocenters. The zero-order valence-corrected chi connectivity index (χ0v) is 16.5. The number of hydrogen-bond donors (Lipinski definition) is 0. The number of ether oxygens (including phenoxy) is 1. The van der Waals surface area contributed by atoms with Crippen molar-refractivity contribution in [1.82, 2.24) is 9.97 Å². The van der Waals surface area contributed by atoms with Crippen molar-refractivity contribution in [3.05, 3.63) is 64.3 Å². The third-order valence-corrected chi connectivity index (χ3v) is 5.94. The zero-order valence-electron chi connectivity index (χ0n) is 15.6. The van der Waals surface area contributed by atoms with E-state index in [0.29, 0.717) is 22.7 Å². The first-order valence-electron chi connectivity index (χ1n) is 9.01. The number of pyridine rings is 1. The molecule has 0 unspecified atom stereocenters. The summed E-state index contributed by atoms with van der Waals surface area (Å²) in [5, 5.41) is 0.724. The number of fused-ring (bicyclic) bond motifs is 1. The molecule has 0 aliphatic carbocycles. The molecule has 1 amide bonds. The van der Waals surface area contributed by atoms with Gasteiger partial charge in [0.2, 0.25) is 0 Å². The van der Waals surface area contributed by atoms with E-state index in [4.69, 9.17) is 4.74 Å². The SMILES string of the molecule is COC(=O)c1cccc2c1CCCN2C(=O)c1sc(-c2ccccn2)nc1C. The van der Waals surface area contributed by atoms with Crippen LogP contribution in [0, 0.1) is 6.92 Å². The van der Waals surface area contributed by atoms with Crippen molar-refractivity contribution in [3.8, 4) is 10.7 Å². The molecule has 2 aromatic heterocycles. The highest BCUT2D eigenvalue weighted by Gasteiger charge is 2.29. The Labute approximate surface area is 166 Å². The molecule has 0 saturated carbocycles. The fourth-order valence-electron chi connectivity index (χ4n) is 3.45. The first-order chi connectivity index (χ1) is 13.6. The van der Waals surface area contributed by atoms with Crippen LogP contribution >= 0.6 is 11.3 Å². The molecule has 0 bridgehead atoms. The Morgan fingerprint density at radius 1 is 1.18 bits per heavy atom. The quantitative estimate of drug-likeness (QED) is 0.631. The number of methoxy groups -OCH3 is 1. The molecule has 1 aliphatic heterocycles. The summed E-state index contributed by atoms with van der Waals surface area (Å²) in [4.78, 5) is 36.7. The molecule has 4 rings (SSSR count). The summed E-state index contributed by atoms with van der Waals surface area (Å²) in [5.74, 6) is -0.474. The van der Waals surface area contributed by atoms with Crippen molar-refractivity contribution in [2.45, 2.75) is 19.8 Å². The van der Waals surface area contributed by atoms with Crippen molar-refractivity contribution in [1.29, 1.82) is 0 Å². The predicted molar refractivity (Wildman–Crippen MR) is 108 cm³/mol. The number of aromatic nitrogens is 2. The minimum absolute atomic E-state index is 0.0971. The van der Waals surface area contributed by atoms with E-state index < -0.39 is 0 Å². The maximum absolute atomic E-state index is 13.3. The van der Waals surface area contributed by atoms with E-state index in [1.807, 2.05) is 31.2 Å². The molecule has 1 aromatic carbocycles. The molecule has 6 nitrogen and oxygen atoms in total. The van der Waals surface area contributed by atoms with Gasteiger partial charge in [-0.25, -0.2) is 9.78 Å². The van der Waals surface area contributed by atoms with Gasteiger partial charge >= 0.3 is 5.97 Å². The van der Waals surface area contributed by atoms with Crippen molar-refractivity contribution in [2.75, 3.05) is 18.6 Å². The molecule has 0 fully saturated rings. The van der Waals surface area contributed by atoms with Gasteiger partial charge in [-0.2, -0.15) is 0 Å². The first-order valence-corrected chi connectivity index (χ1v) is 9.82. The van der Waals surface area contributed by atoms with Gasteiger partial charge in [-0.3, -0.25) is 9.78 Å². The molecule has 0 saturated heterocycles. The fraction of sp³-hybridized carbons (Fsp3) is 0.238. The Bertz CT molecular complexity index is 1050. The fourth-order valence-corrected chi connectivity index (χ4v) is 4.45. The highest BCUT2D eigenvalue weighted by atomic mass is 32.1. The van der Waals surface area contributed by atoms with Gasteiger partial charge < -0.3 is 9.64 Å². The van der Waals surface area contributed by atoms with Crippen LogP contribution in [0.25, 0.3) is 10.7 Å². The number of anilines is 1. The smallest absolute Gasteiger partial charge is 0.338 e. The standard InChI is InChI=1S/C21H19N3O3S/c1-13-18(28-19(23-13)16-9-3-4-11-22-16)20(25)24-12-6-8-14-15(21(26)27-2)7-5-10-17(14)24/h3-5,7,9-11H,6,8,12H2,1-2H3. The van der Waals surface area contributed by atoms with Crippen molar-refractivity contribution >= 4 is 28.9 Å². The minimum Gasteiger partial charge on any atom is -0.465 e. The van der Waals surface area contributed by atoms with Crippen LogP contribution < -0.4 is 4.90 Å². The maximum atomic E-state index is 13.3. The largest absolute Gasteiger partial charge is 0.465 e. The number of esters is 1. The molecule has 28 heavy (non-hydrogen) atoms. The number of amides is 1. The second kappa shape index (κ2) is 7.52. The van der Waals surface area contributed by atoms with E-state index in [2.05, 4.69) is 9.97 Å². The Balaban J connectivity index is 1.71. The van der Waals surface area contributed by atoms with E-state index >= 15 is 0 Å². The van der Waals surface area contributed by atoms with Gasteiger partial charge in [0.05, 0.1) is 24.1 Å². The molecule has 1 aliphatic rings. The van der Waals surface area contributed by atoms with Crippen LogP contribution in [0.2, 0.25) is 0 Å². The van der Waals surface area contributed by atoms with Gasteiger partial charge in [-0.15, -0.1) is 11.3 Å². The lowest BCUT2D eigenvalue weighted by Gasteiger charge is -2.30. The van der Waals surface area contributed by atoms with Gasteiger partial charge in [-0.05, 0) is 49.6 Å². The van der Waals surface area contributed by atoms with Gasteiger partial charge in [-0.1, -0.05) is 12.1 Å². The summed E-state index contributed by atoms with van der Waals surface area (Å²) in [6, 6.07) is 11.0. The minimum atomic E-state index is -0.377. The van der Waals surface area contributed by atoms with Crippen molar-refractivity contribution in [2.24, 2.45) is 0 Å². The molecular weight excluding hydrogens is 374 g/mol. The summed E-state index contributed by atoms with van der Waals surface area (Å²) in [7, 11) is 1.37. The van der Waals surface area contributed by atoms with Crippen LogP contribution in [0.15, 0.2) is 42.6 Å². The van der Waals surface area contributed by atoms with E-state index in [1.54, 1.807) is 23.2 Å². The molecule has 3 aromatic rings. The molecule has 0 radical (unpaired) electrons. The summed E-state index contributed by atoms with van der Waals surface area (Å²) >= 11 is 1.35. The summed E-state index contributed by atoms with van der Waals surface area (Å²) in [6.45, 7) is 2.44. The van der Waals surface area contributed by atoms with Crippen LogP contribution in [0.3, 0.4) is 0 Å². The van der Waals surface area contributed by atoms with Crippen LogP contribution in [-0.2, 0) is 11.2 Å². The Kier molecular flexibility index (Phi) is 4.92. The third-order valence-electron chi connectivity index (χ3n) is 4.78. The average Bonchev–Trinajstić information content (AvgIpc) is 3.14. The lowest BCUT2D eigenvalue weighted by atomic mass is 9.96. The van der Waals surface area contributed by atoms with Crippen molar-refractivity contribution in [3.63, 3.8) is 0 Å². The number of nitrogens with zero attached hydrogens (tertiary/aromatic N) is 3. The second-order valence-electron chi connectivity index (χ2n) is 6.50. The Hall–Kier alpha value is -3.06. The van der Waals surface area contributed by atoms with E-state index in [-0.39, 0.29) is 11.9 Å². The van der Waals surface area contributed by atoms with Gasteiger partial charge in [0, 0.05) is 18.4 Å². The van der Waals surface area contributed by atoms with Crippen LogP contribution in [0.5, 0.6) is 0 Å². The average molecular weight is 393 g/mol. The van der Waals surface area contributed by atoms with Gasteiger partial charge in [0.15, 0.2) is 0 Å². The lowest BCUT2D eigenvalue weighted by molar-refractivity contribution is 0.0599. The van der Waals surface area contributed by atoms with Crippen LogP contribution in [-0.4, -0.2) is 35.5 Å². The molecule has 7 heteroatoms. The van der Waals surface area contributed by atoms with Crippen LogP contribution in [0.4, 0.5) is 5.69 Å². The monoisotopic (exact) mass is 393 g/mol. The summed E-state index contributed by atoms with van der Waals surface area (Å²) < 4.78 is 4.90. The summed E-state index contributed by atoms with van der Waals surface area (Å²) in [5.41, 5.74) is 3.59. The predicted octanol–water partition coefficient (Wildman–Crippen LogP) is 3.89. The Morgan fingerprint density at radius 2 is 2.04 bits per heavy atom. The maximum Gasteiger partial charge on any atom is 0.338 e. The Morgan fingerprint density at radius 3 is 2.79 bits per heavy atom. The number of hydrogen-bond acceptors (Lipinski definition) is 6. The topological polar surface area (TPSA) is 72.4 Å². The lowest BCUT2D eigenvalue weighted by Crippen LogP contribution is -2.36. The number of carbonyl (C=O) groups excluding carboxylic acids is 2. The zero-order chi connectivity index (χ0) is 19.7. The number of aryl methyl sites for hydroxylation is 1. The normalized spacial score (nSPS) is 13.1. The molecule has 0 spiro atoms. The summed E-state index contributed by atoms with van der Waals surface area (Å²) in [6.07, 6.45) is 3.24. The van der Waals surface area contributed by atoms with E-state index in [0.717, 1.165) is 34.8 Å². The molecular formula is C21H19N3O3S. The van der Waals surface area contributed by atoms with Gasteiger partial charge in [0.1, 0.15) is 9.88 Å². The van der Waals surface area contributed by atoms with Crippen molar-refractivity contribution < 1.29 is 14.3 Å². The highest BCUT2D eigenvalue weighted by Crippen LogP contribution is 2.34. The second-order valence-corrected chi connectivity index (χ2v) is 7.50. The number of benzene rings is 1. The van der Waals surface area contributed by atoms with Crippen LogP contribution in [0.1, 0.15) is 37.7 Å². The number of carbonyl (C=O) groups is 2. The highest BCUT2D eigenvalue weighted by molar-refractivity contribution is 7.17.